The Labute approximate surface area is 341 Å². The van der Waals surface area contributed by atoms with Crippen molar-refractivity contribution in [3.63, 3.8) is 0 Å². The molecule has 7 aliphatic rings. The summed E-state index contributed by atoms with van der Waals surface area (Å²) in [5.74, 6) is 0.610. The summed E-state index contributed by atoms with van der Waals surface area (Å²) < 4.78 is 12.2. The number of hydrogen-bond donors (Lipinski definition) is 2. The zero-order valence-corrected chi connectivity index (χ0v) is 33.7. The van der Waals surface area contributed by atoms with Gasteiger partial charge in [-0.1, -0.05) is 117 Å². The Morgan fingerprint density at radius 3 is 2.34 bits per heavy atom. The summed E-state index contributed by atoms with van der Waals surface area (Å²) in [4.78, 5) is 31.6. The monoisotopic (exact) mass is 777 g/mol. The van der Waals surface area contributed by atoms with Gasteiger partial charge in [-0.05, 0) is 109 Å². The van der Waals surface area contributed by atoms with Crippen LogP contribution in [0.1, 0.15) is 82.0 Å². The van der Waals surface area contributed by atoms with E-state index in [1.165, 1.54) is 0 Å². The van der Waals surface area contributed by atoms with Crippen LogP contribution < -0.4 is 4.74 Å². The van der Waals surface area contributed by atoms with Crippen LogP contribution in [-0.4, -0.2) is 64.5 Å². The fraction of sp³-hybridized carbons (Fsp3) is 0.451. The SMILES string of the molecule is C[C@]12CC[C@H]3[C@]4(C=C[C@@]5(C=C4C(=O)c4ccccc4-c4ccccc4)CC(O)CC[C@]35C)[C@@H]1CC[C@@]2(O)CN(C[C@H]1CCCO1)C(=O)Oc1ccc2ccccc2c1. The number of rotatable bonds is 8. The molecule has 1 heterocycles. The van der Waals surface area contributed by atoms with Gasteiger partial charge in [0.2, 0.25) is 0 Å². The van der Waals surface area contributed by atoms with Crippen molar-refractivity contribution in [2.45, 2.75) is 89.4 Å². The number of ketones is 1. The van der Waals surface area contributed by atoms with E-state index in [-0.39, 0.29) is 35.7 Å². The second-order valence-electron chi connectivity index (χ2n) is 18.9. The number of carbonyl (C=O) groups is 2. The number of amides is 1. The largest absolute Gasteiger partial charge is 0.415 e. The van der Waals surface area contributed by atoms with Crippen molar-refractivity contribution in [3.8, 4) is 16.9 Å². The molecule has 6 aliphatic carbocycles. The summed E-state index contributed by atoms with van der Waals surface area (Å²) in [6.07, 6.45) is 12.8. The number of carbonyl (C=O) groups excluding carboxylic acids is 2. The molecule has 9 atom stereocenters. The van der Waals surface area contributed by atoms with Crippen molar-refractivity contribution in [3.05, 3.63) is 126 Å². The number of fused-ring (bicyclic) bond motifs is 2. The Bertz CT molecular complexity index is 2330. The Balaban J connectivity index is 1.03. The van der Waals surface area contributed by atoms with E-state index in [0.29, 0.717) is 37.3 Å². The molecule has 2 spiro atoms. The van der Waals surface area contributed by atoms with Crippen molar-refractivity contribution >= 4 is 22.6 Å². The normalized spacial score (nSPS) is 35.8. The van der Waals surface area contributed by atoms with E-state index in [1.807, 2.05) is 84.9 Å². The van der Waals surface area contributed by atoms with Gasteiger partial charge in [-0.25, -0.2) is 4.79 Å². The lowest BCUT2D eigenvalue weighted by atomic mass is 9.32. The van der Waals surface area contributed by atoms with E-state index in [4.69, 9.17) is 9.47 Å². The molecule has 0 aromatic heterocycles. The van der Waals surface area contributed by atoms with Crippen LogP contribution in [0.4, 0.5) is 4.79 Å². The van der Waals surface area contributed by atoms with E-state index in [1.54, 1.807) is 4.90 Å². The zero-order chi connectivity index (χ0) is 39.9. The number of aliphatic hydroxyl groups excluding tert-OH is 1. The second-order valence-corrected chi connectivity index (χ2v) is 18.9. The van der Waals surface area contributed by atoms with Crippen LogP contribution in [0, 0.1) is 33.5 Å². The summed E-state index contributed by atoms with van der Waals surface area (Å²) in [7, 11) is 0. The number of Topliss-reactive ketones (excluding diaryl/α,β-unsaturated/α-hetero) is 1. The summed E-state index contributed by atoms with van der Waals surface area (Å²) in [5, 5.41) is 26.5. The van der Waals surface area contributed by atoms with Gasteiger partial charge in [-0.15, -0.1) is 0 Å². The highest BCUT2D eigenvalue weighted by Crippen LogP contribution is 2.78. The van der Waals surface area contributed by atoms with Crippen molar-refractivity contribution in [2.75, 3.05) is 19.7 Å². The standard InChI is InChI=1S/C51H55NO6/c1-47-23-20-37(53)30-49(47)26-27-51(42(31-49)45(54)41-17-9-8-16-40(41)35-12-4-3-5-13-35)43(47)21-24-48(2)44(51)22-25-50(48,56)33-52(32-39-15-10-28-57-39)46(55)58-38-19-18-34-11-6-7-14-36(34)29-38/h3-9,11-14,16-19,26-27,29,31,37,39,43-44,53,56H,10,15,20-25,28,30,32-33H2,1-2H3/t37?,39-,43-,44-,47-,48+,49+,50-,51-/m1/s1. The lowest BCUT2D eigenvalue weighted by molar-refractivity contribution is -0.175. The number of aliphatic hydroxyl groups is 2. The molecule has 7 heteroatoms. The third kappa shape index (κ3) is 5.56. The first-order valence-corrected chi connectivity index (χ1v) is 21.6. The van der Waals surface area contributed by atoms with Crippen LogP contribution >= 0.6 is 0 Å². The Morgan fingerprint density at radius 1 is 0.810 bits per heavy atom. The molecule has 11 rings (SSSR count). The van der Waals surface area contributed by atoms with Crippen LogP contribution in [0.25, 0.3) is 21.9 Å². The molecule has 58 heavy (non-hydrogen) atoms. The highest BCUT2D eigenvalue weighted by atomic mass is 16.6. The maximum Gasteiger partial charge on any atom is 0.415 e. The second kappa shape index (κ2) is 13.8. The van der Waals surface area contributed by atoms with Crippen LogP contribution in [0.3, 0.4) is 0 Å². The smallest absolute Gasteiger partial charge is 0.410 e. The van der Waals surface area contributed by atoms with E-state index < -0.39 is 34.0 Å². The molecule has 4 fully saturated rings. The summed E-state index contributed by atoms with van der Waals surface area (Å²) in [6, 6.07) is 31.8. The summed E-state index contributed by atoms with van der Waals surface area (Å²) in [6.45, 7) is 5.76. The van der Waals surface area contributed by atoms with Gasteiger partial charge in [0.25, 0.3) is 0 Å². The quantitative estimate of drug-likeness (QED) is 0.137. The number of ether oxygens (including phenoxy) is 2. The van der Waals surface area contributed by atoms with Gasteiger partial charge in [-0.3, -0.25) is 4.79 Å². The summed E-state index contributed by atoms with van der Waals surface area (Å²) in [5.41, 5.74) is 0.349. The average molecular weight is 778 g/mol. The predicted molar refractivity (Wildman–Crippen MR) is 225 cm³/mol. The van der Waals surface area contributed by atoms with Gasteiger partial charge >= 0.3 is 6.09 Å². The fourth-order valence-electron chi connectivity index (χ4n) is 13.2. The fourth-order valence-corrected chi connectivity index (χ4v) is 13.2. The van der Waals surface area contributed by atoms with E-state index in [0.717, 1.165) is 72.4 Å². The van der Waals surface area contributed by atoms with Crippen molar-refractivity contribution in [1.29, 1.82) is 0 Å². The molecular formula is C51H55NO6. The third-order valence-electron chi connectivity index (χ3n) is 16.3. The first-order chi connectivity index (χ1) is 28.0. The molecule has 1 aliphatic heterocycles. The van der Waals surface area contributed by atoms with Crippen LogP contribution in [0.5, 0.6) is 5.75 Å². The molecule has 1 saturated heterocycles. The number of nitrogens with zero attached hydrogens (tertiary/aromatic N) is 1. The molecule has 4 aromatic carbocycles. The predicted octanol–water partition coefficient (Wildman–Crippen LogP) is 9.96. The average Bonchev–Trinajstić information content (AvgIpc) is 3.85. The minimum absolute atomic E-state index is 0.0361. The number of benzene rings is 4. The molecule has 300 valence electrons. The highest BCUT2D eigenvalue weighted by Gasteiger charge is 2.74. The van der Waals surface area contributed by atoms with Gasteiger partial charge in [0.05, 0.1) is 30.9 Å². The molecule has 1 unspecified atom stereocenters. The third-order valence-corrected chi connectivity index (χ3v) is 16.3. The molecule has 2 N–H and O–H groups in total. The van der Waals surface area contributed by atoms with E-state index >= 15 is 4.79 Å². The summed E-state index contributed by atoms with van der Waals surface area (Å²) >= 11 is 0. The zero-order valence-electron chi connectivity index (χ0n) is 33.7. The maximum absolute atomic E-state index is 15.5. The maximum atomic E-state index is 15.5. The lowest BCUT2D eigenvalue weighted by Gasteiger charge is -2.71. The Morgan fingerprint density at radius 2 is 1.53 bits per heavy atom. The first-order valence-electron chi connectivity index (χ1n) is 21.6. The topological polar surface area (TPSA) is 96.3 Å². The number of allylic oxidation sites excluding steroid dienone is 4. The molecule has 1 amide bonds. The minimum Gasteiger partial charge on any atom is -0.410 e. The number of hydrogen-bond acceptors (Lipinski definition) is 6. The van der Waals surface area contributed by atoms with Gasteiger partial charge in [0.1, 0.15) is 5.75 Å². The Hall–Kier alpha value is -4.56. The Kier molecular flexibility index (Phi) is 8.94. The first kappa shape index (κ1) is 37.7. The molecule has 7 nitrogen and oxygen atoms in total. The molecule has 3 saturated carbocycles. The van der Waals surface area contributed by atoms with Crippen LogP contribution in [0.2, 0.25) is 0 Å². The van der Waals surface area contributed by atoms with Gasteiger partial charge in [0, 0.05) is 34.0 Å². The lowest BCUT2D eigenvalue weighted by Crippen LogP contribution is -2.67. The van der Waals surface area contributed by atoms with Crippen molar-refractivity contribution in [1.82, 2.24) is 4.90 Å². The van der Waals surface area contributed by atoms with E-state index in [9.17, 15) is 15.0 Å². The van der Waals surface area contributed by atoms with E-state index in [2.05, 4.69) is 44.2 Å². The molecule has 0 radical (unpaired) electrons. The van der Waals surface area contributed by atoms with Crippen LogP contribution in [-0.2, 0) is 4.74 Å². The van der Waals surface area contributed by atoms with Crippen molar-refractivity contribution < 1.29 is 29.3 Å². The van der Waals surface area contributed by atoms with Gasteiger partial charge < -0.3 is 24.6 Å². The molecular weight excluding hydrogens is 723 g/mol. The van der Waals surface area contributed by atoms with Crippen LogP contribution in [0.15, 0.2) is 121 Å². The highest BCUT2D eigenvalue weighted by molar-refractivity contribution is 6.14. The minimum atomic E-state index is -1.24. The van der Waals surface area contributed by atoms with Crippen molar-refractivity contribution in [2.24, 2.45) is 33.5 Å². The van der Waals surface area contributed by atoms with Gasteiger partial charge in [-0.2, -0.15) is 0 Å². The molecule has 4 aromatic rings. The van der Waals surface area contributed by atoms with Gasteiger partial charge in [0.15, 0.2) is 5.78 Å². The molecule has 2 bridgehead atoms.